The lowest BCUT2D eigenvalue weighted by Crippen LogP contribution is -2.31. The van der Waals surface area contributed by atoms with Crippen molar-refractivity contribution < 1.29 is 14.6 Å². The van der Waals surface area contributed by atoms with Crippen molar-refractivity contribution in [2.24, 2.45) is 0 Å². The Morgan fingerprint density at radius 2 is 2.16 bits per heavy atom. The molecule has 1 aliphatic rings. The van der Waals surface area contributed by atoms with E-state index in [1.54, 1.807) is 6.20 Å². The zero-order valence-corrected chi connectivity index (χ0v) is 17.7. The molecule has 1 fully saturated rings. The smallest absolute Gasteiger partial charge is 0.226 e. The van der Waals surface area contributed by atoms with Crippen LogP contribution in [0.2, 0.25) is 5.28 Å². The van der Waals surface area contributed by atoms with Crippen molar-refractivity contribution in [1.82, 2.24) is 14.5 Å². The average Bonchev–Trinajstić information content (AvgIpc) is 3.39. The number of benzene rings is 1. The lowest BCUT2D eigenvalue weighted by molar-refractivity contribution is -0.116. The highest BCUT2D eigenvalue weighted by Crippen LogP contribution is 2.38. The normalized spacial score (nSPS) is 20.6. The van der Waals surface area contributed by atoms with Crippen molar-refractivity contribution >= 4 is 34.4 Å². The number of rotatable bonds is 7. The minimum atomic E-state index is -0.992. The highest BCUT2D eigenvalue weighted by Gasteiger charge is 2.39. The second kappa shape index (κ2) is 9.06. The van der Waals surface area contributed by atoms with E-state index in [1.165, 1.54) is 5.56 Å². The first-order chi connectivity index (χ1) is 15.0. The SMILES string of the molecule is C#C[C@@]1(CO)CC[C@H](n2ccc3c(NC(=O)CCCc4ccccc4)nc(Cl)nc32)O1. The van der Waals surface area contributed by atoms with E-state index < -0.39 is 5.60 Å². The third-order valence-corrected chi connectivity index (χ3v) is 5.67. The van der Waals surface area contributed by atoms with E-state index in [9.17, 15) is 9.90 Å². The first kappa shape index (κ1) is 21.3. The molecule has 3 heterocycles. The quantitative estimate of drug-likeness (QED) is 0.433. The molecule has 1 saturated heterocycles. The van der Waals surface area contributed by atoms with Crippen LogP contribution in [0.5, 0.6) is 0 Å². The predicted molar refractivity (Wildman–Crippen MR) is 119 cm³/mol. The standard InChI is InChI=1S/C23H23ClN4O3/c1-2-23(15-29)13-11-19(31-23)28-14-12-17-20(26-22(24)27-21(17)28)25-18(30)10-6-9-16-7-4-3-5-8-16/h1,3-5,7-8,12,14,19,29H,6,9-11,13,15H2,(H,25,26,27,30)/t19-,23+/m1/s1. The van der Waals surface area contributed by atoms with Crippen molar-refractivity contribution in [1.29, 1.82) is 0 Å². The Kier molecular flexibility index (Phi) is 6.23. The number of hydrogen-bond acceptors (Lipinski definition) is 5. The molecular formula is C23H23ClN4O3. The Bertz CT molecular complexity index is 1130. The third kappa shape index (κ3) is 4.57. The average molecular weight is 439 g/mol. The largest absolute Gasteiger partial charge is 0.392 e. The number of nitrogens with zero attached hydrogens (tertiary/aromatic N) is 3. The Morgan fingerprint density at radius 1 is 1.35 bits per heavy atom. The molecule has 1 amide bonds. The number of halogens is 1. The topological polar surface area (TPSA) is 89.3 Å². The minimum Gasteiger partial charge on any atom is -0.392 e. The molecule has 0 bridgehead atoms. The molecule has 2 aromatic heterocycles. The molecule has 0 radical (unpaired) electrons. The Hall–Kier alpha value is -2.92. The molecular weight excluding hydrogens is 416 g/mol. The molecule has 160 valence electrons. The van der Waals surface area contributed by atoms with Gasteiger partial charge in [0.25, 0.3) is 0 Å². The number of terminal acetylenes is 1. The molecule has 1 aromatic carbocycles. The van der Waals surface area contributed by atoms with E-state index in [0.29, 0.717) is 36.1 Å². The van der Waals surface area contributed by atoms with Crippen LogP contribution in [-0.4, -0.2) is 37.8 Å². The number of aliphatic hydroxyl groups is 1. The molecule has 1 aliphatic heterocycles. The van der Waals surface area contributed by atoms with E-state index in [-0.39, 0.29) is 24.0 Å². The zero-order valence-electron chi connectivity index (χ0n) is 16.9. The summed E-state index contributed by atoms with van der Waals surface area (Å²) in [5.41, 5.74) is 0.742. The highest BCUT2D eigenvalue weighted by atomic mass is 35.5. The van der Waals surface area contributed by atoms with Crippen molar-refractivity contribution in [2.45, 2.75) is 43.9 Å². The van der Waals surface area contributed by atoms with E-state index in [4.69, 9.17) is 22.8 Å². The van der Waals surface area contributed by atoms with Crippen LogP contribution in [0.4, 0.5) is 5.82 Å². The van der Waals surface area contributed by atoms with Crippen molar-refractivity contribution in [3.63, 3.8) is 0 Å². The number of aromatic nitrogens is 3. The predicted octanol–water partition coefficient (Wildman–Crippen LogP) is 3.72. The van der Waals surface area contributed by atoms with Gasteiger partial charge in [0.15, 0.2) is 5.60 Å². The monoisotopic (exact) mass is 438 g/mol. The number of ether oxygens (including phenoxy) is 1. The summed E-state index contributed by atoms with van der Waals surface area (Å²) in [6.45, 7) is -0.251. The fourth-order valence-corrected chi connectivity index (χ4v) is 3.99. The molecule has 3 aromatic rings. The highest BCUT2D eigenvalue weighted by molar-refractivity contribution is 6.28. The van der Waals surface area contributed by atoms with Gasteiger partial charge in [-0.1, -0.05) is 36.3 Å². The maximum absolute atomic E-state index is 12.5. The first-order valence-corrected chi connectivity index (χ1v) is 10.6. The molecule has 31 heavy (non-hydrogen) atoms. The number of carbonyl (C=O) groups excluding carboxylic acids is 1. The molecule has 0 aliphatic carbocycles. The van der Waals surface area contributed by atoms with Gasteiger partial charge in [-0.25, -0.2) is 0 Å². The van der Waals surface area contributed by atoms with Crippen LogP contribution in [0.1, 0.15) is 37.5 Å². The van der Waals surface area contributed by atoms with Gasteiger partial charge in [-0.2, -0.15) is 9.97 Å². The van der Waals surface area contributed by atoms with Gasteiger partial charge in [0.2, 0.25) is 11.2 Å². The van der Waals surface area contributed by atoms with Gasteiger partial charge in [0.1, 0.15) is 17.7 Å². The van der Waals surface area contributed by atoms with Crippen molar-refractivity contribution in [3.05, 3.63) is 53.4 Å². The van der Waals surface area contributed by atoms with Crippen LogP contribution < -0.4 is 5.32 Å². The number of hydrogen-bond donors (Lipinski definition) is 2. The number of nitrogens with one attached hydrogen (secondary N) is 1. The van der Waals surface area contributed by atoms with Crippen molar-refractivity contribution in [3.8, 4) is 12.3 Å². The van der Waals surface area contributed by atoms with E-state index in [0.717, 1.165) is 12.8 Å². The number of fused-ring (bicyclic) bond motifs is 1. The second-order valence-corrected chi connectivity index (χ2v) is 7.93. The third-order valence-electron chi connectivity index (χ3n) is 5.50. The van der Waals surface area contributed by atoms with Gasteiger partial charge in [-0.05, 0) is 48.9 Å². The number of anilines is 1. The summed E-state index contributed by atoms with van der Waals surface area (Å²) in [6.07, 6.45) is 10.0. The molecule has 0 spiro atoms. The summed E-state index contributed by atoms with van der Waals surface area (Å²) >= 11 is 6.14. The molecule has 4 rings (SSSR count). The molecule has 7 nitrogen and oxygen atoms in total. The summed E-state index contributed by atoms with van der Waals surface area (Å²) < 4.78 is 7.75. The van der Waals surface area contributed by atoms with Gasteiger partial charge in [-0.3, -0.25) is 4.79 Å². The molecule has 8 heteroatoms. The van der Waals surface area contributed by atoms with E-state index in [2.05, 4.69) is 21.2 Å². The number of aryl methyl sites for hydroxylation is 1. The van der Waals surface area contributed by atoms with Crippen LogP contribution in [0.3, 0.4) is 0 Å². The van der Waals surface area contributed by atoms with Crippen LogP contribution >= 0.6 is 11.6 Å². The van der Waals surface area contributed by atoms with Crippen LogP contribution in [0.15, 0.2) is 42.6 Å². The van der Waals surface area contributed by atoms with Crippen LogP contribution in [0, 0.1) is 12.3 Å². The summed E-state index contributed by atoms with van der Waals surface area (Å²) in [7, 11) is 0. The Labute approximate surface area is 185 Å². The Balaban J connectivity index is 1.48. The lowest BCUT2D eigenvalue weighted by Gasteiger charge is -2.21. The fraction of sp³-hybridized carbons (Fsp3) is 0.348. The first-order valence-electron chi connectivity index (χ1n) is 10.2. The molecule has 0 saturated carbocycles. The molecule has 2 atom stereocenters. The fourth-order valence-electron chi connectivity index (χ4n) is 3.83. The van der Waals surface area contributed by atoms with Crippen LogP contribution in [-0.2, 0) is 16.0 Å². The van der Waals surface area contributed by atoms with Gasteiger partial charge >= 0.3 is 0 Å². The number of aliphatic hydroxyl groups excluding tert-OH is 1. The maximum Gasteiger partial charge on any atom is 0.226 e. The zero-order chi connectivity index (χ0) is 21.8. The maximum atomic E-state index is 12.5. The van der Waals surface area contributed by atoms with Gasteiger partial charge in [0, 0.05) is 12.6 Å². The number of carbonyl (C=O) groups is 1. The molecule has 0 unspecified atom stereocenters. The summed E-state index contributed by atoms with van der Waals surface area (Å²) in [6, 6.07) is 11.9. The minimum absolute atomic E-state index is 0.0235. The molecule has 2 N–H and O–H groups in total. The van der Waals surface area contributed by atoms with E-state index >= 15 is 0 Å². The van der Waals surface area contributed by atoms with Gasteiger partial charge in [0.05, 0.1) is 12.0 Å². The van der Waals surface area contributed by atoms with E-state index in [1.807, 2.05) is 41.0 Å². The van der Waals surface area contributed by atoms with Crippen LogP contribution in [0.25, 0.3) is 11.0 Å². The van der Waals surface area contributed by atoms with Crippen molar-refractivity contribution in [2.75, 3.05) is 11.9 Å². The summed E-state index contributed by atoms with van der Waals surface area (Å²) in [4.78, 5) is 21.0. The summed E-state index contributed by atoms with van der Waals surface area (Å²) in [5, 5.41) is 13.1. The number of amides is 1. The Morgan fingerprint density at radius 3 is 2.87 bits per heavy atom. The second-order valence-electron chi connectivity index (χ2n) is 7.60. The summed E-state index contributed by atoms with van der Waals surface area (Å²) in [5.74, 6) is 2.77. The van der Waals surface area contributed by atoms with Gasteiger partial charge in [-0.15, -0.1) is 6.42 Å². The van der Waals surface area contributed by atoms with Gasteiger partial charge < -0.3 is 19.7 Å². The lowest BCUT2D eigenvalue weighted by atomic mass is 10.0.